The molecule has 0 saturated heterocycles. The van der Waals surface area contributed by atoms with Gasteiger partial charge in [-0.05, 0) is 19.1 Å². The van der Waals surface area contributed by atoms with Gasteiger partial charge >= 0.3 is 12.0 Å². The van der Waals surface area contributed by atoms with Gasteiger partial charge < -0.3 is 9.84 Å². The Hall–Kier alpha value is -2.57. The molecule has 0 aliphatic carbocycles. The zero-order valence-corrected chi connectivity index (χ0v) is 9.72. The van der Waals surface area contributed by atoms with E-state index in [9.17, 15) is 13.6 Å². The van der Waals surface area contributed by atoms with Crippen molar-refractivity contribution in [2.45, 2.75) is 6.92 Å². The van der Waals surface area contributed by atoms with Crippen molar-refractivity contribution >= 4 is 5.97 Å². The molecule has 5 nitrogen and oxygen atoms in total. The summed E-state index contributed by atoms with van der Waals surface area (Å²) in [5, 5.41) is 8.80. The minimum atomic E-state index is -1.16. The maximum Gasteiger partial charge on any atom is 0.339 e. The van der Waals surface area contributed by atoms with Gasteiger partial charge in [0, 0.05) is 12.3 Å². The number of aromatic carboxylic acids is 1. The molecular formula is C12H8F2N2O3. The van der Waals surface area contributed by atoms with E-state index in [1.165, 1.54) is 13.0 Å². The Morgan fingerprint density at radius 1 is 1.32 bits per heavy atom. The van der Waals surface area contributed by atoms with Gasteiger partial charge in [-0.2, -0.15) is 4.98 Å². The van der Waals surface area contributed by atoms with Gasteiger partial charge in [-0.25, -0.2) is 18.6 Å². The van der Waals surface area contributed by atoms with Crippen LogP contribution >= 0.6 is 0 Å². The predicted molar refractivity (Wildman–Crippen MR) is 60.2 cm³/mol. The molecule has 0 bridgehead atoms. The van der Waals surface area contributed by atoms with Crippen molar-refractivity contribution in [3.8, 4) is 11.8 Å². The quantitative estimate of drug-likeness (QED) is 0.924. The highest BCUT2D eigenvalue weighted by atomic mass is 19.2. The number of carboxylic acids is 1. The number of benzene rings is 1. The van der Waals surface area contributed by atoms with Crippen LogP contribution in [0.5, 0.6) is 11.8 Å². The molecule has 0 aliphatic heterocycles. The van der Waals surface area contributed by atoms with Gasteiger partial charge in [-0.1, -0.05) is 0 Å². The first kappa shape index (κ1) is 12.9. The monoisotopic (exact) mass is 266 g/mol. The van der Waals surface area contributed by atoms with Crippen molar-refractivity contribution in [3.63, 3.8) is 0 Å². The van der Waals surface area contributed by atoms with E-state index in [4.69, 9.17) is 9.84 Å². The van der Waals surface area contributed by atoms with Crippen molar-refractivity contribution in [1.82, 2.24) is 9.97 Å². The summed E-state index contributed by atoms with van der Waals surface area (Å²) in [6, 6.07) is 2.82. The Bertz CT molecular complexity index is 647. The van der Waals surface area contributed by atoms with E-state index in [2.05, 4.69) is 9.97 Å². The highest BCUT2D eigenvalue weighted by Gasteiger charge is 2.11. The van der Waals surface area contributed by atoms with E-state index in [1.807, 2.05) is 0 Å². The van der Waals surface area contributed by atoms with Crippen LogP contribution in [0.25, 0.3) is 0 Å². The van der Waals surface area contributed by atoms with Gasteiger partial charge in [0.15, 0.2) is 11.6 Å². The van der Waals surface area contributed by atoms with E-state index in [1.54, 1.807) is 0 Å². The lowest BCUT2D eigenvalue weighted by atomic mass is 10.2. The summed E-state index contributed by atoms with van der Waals surface area (Å²) in [4.78, 5) is 18.3. The molecule has 19 heavy (non-hydrogen) atoms. The second-order valence-electron chi connectivity index (χ2n) is 3.63. The second kappa shape index (κ2) is 4.97. The van der Waals surface area contributed by atoms with Crippen LogP contribution in [0.4, 0.5) is 8.78 Å². The number of hydrogen-bond acceptors (Lipinski definition) is 4. The van der Waals surface area contributed by atoms with Gasteiger partial charge in [-0.15, -0.1) is 0 Å². The van der Waals surface area contributed by atoms with Crippen molar-refractivity contribution < 1.29 is 23.4 Å². The van der Waals surface area contributed by atoms with E-state index in [0.717, 1.165) is 18.3 Å². The van der Waals surface area contributed by atoms with E-state index in [0.29, 0.717) is 0 Å². The molecule has 0 radical (unpaired) electrons. The lowest BCUT2D eigenvalue weighted by Crippen LogP contribution is -2.04. The summed E-state index contributed by atoms with van der Waals surface area (Å²) in [5.74, 6) is -3.19. The normalized spacial score (nSPS) is 10.3. The first-order chi connectivity index (χ1) is 8.97. The summed E-state index contributed by atoms with van der Waals surface area (Å²) < 4.78 is 30.8. The molecule has 1 aromatic carbocycles. The number of ether oxygens (including phenoxy) is 1. The number of aryl methyl sites for hydroxylation is 1. The molecular weight excluding hydrogens is 258 g/mol. The molecule has 1 N–H and O–H groups in total. The number of carbonyl (C=O) groups is 1. The minimum absolute atomic E-state index is 0.0152. The Balaban J connectivity index is 2.26. The molecule has 7 heteroatoms. The summed E-state index contributed by atoms with van der Waals surface area (Å²) in [6.45, 7) is 1.48. The number of nitrogens with zero attached hydrogens (tertiary/aromatic N) is 2. The van der Waals surface area contributed by atoms with Gasteiger partial charge in [-0.3, -0.25) is 0 Å². The Labute approximate surface area is 106 Å². The van der Waals surface area contributed by atoms with Crippen molar-refractivity contribution in [3.05, 3.63) is 47.3 Å². The van der Waals surface area contributed by atoms with Crippen molar-refractivity contribution in [2.24, 2.45) is 0 Å². The van der Waals surface area contributed by atoms with Gasteiger partial charge in [0.05, 0.1) is 11.3 Å². The van der Waals surface area contributed by atoms with Crippen LogP contribution in [0.1, 0.15) is 16.1 Å². The highest BCUT2D eigenvalue weighted by Crippen LogP contribution is 2.20. The van der Waals surface area contributed by atoms with Gasteiger partial charge in [0.25, 0.3) is 0 Å². The SMILES string of the molecule is Cc1nc(Oc2ccc(F)c(F)c2)ncc1C(=O)O. The summed E-state index contributed by atoms with van der Waals surface area (Å²) >= 11 is 0. The molecule has 0 spiro atoms. The Morgan fingerprint density at radius 3 is 2.63 bits per heavy atom. The van der Waals surface area contributed by atoms with Crippen LogP contribution in [-0.4, -0.2) is 21.0 Å². The lowest BCUT2D eigenvalue weighted by molar-refractivity contribution is 0.0695. The van der Waals surface area contributed by atoms with Crippen molar-refractivity contribution in [1.29, 1.82) is 0 Å². The maximum atomic E-state index is 13.0. The molecule has 98 valence electrons. The van der Waals surface area contributed by atoms with E-state index in [-0.39, 0.29) is 23.0 Å². The third-order valence-electron chi connectivity index (χ3n) is 2.29. The van der Waals surface area contributed by atoms with Crippen LogP contribution in [0.2, 0.25) is 0 Å². The van der Waals surface area contributed by atoms with E-state index >= 15 is 0 Å². The average molecular weight is 266 g/mol. The number of rotatable bonds is 3. The number of carboxylic acid groups (broad SMARTS) is 1. The lowest BCUT2D eigenvalue weighted by Gasteiger charge is -2.05. The predicted octanol–water partition coefficient (Wildman–Crippen LogP) is 2.55. The fourth-order valence-electron chi connectivity index (χ4n) is 1.35. The molecule has 1 heterocycles. The zero-order chi connectivity index (χ0) is 14.0. The van der Waals surface area contributed by atoms with Gasteiger partial charge in [0.1, 0.15) is 5.75 Å². The van der Waals surface area contributed by atoms with Crippen LogP contribution in [-0.2, 0) is 0 Å². The first-order valence-electron chi connectivity index (χ1n) is 5.17. The van der Waals surface area contributed by atoms with Crippen molar-refractivity contribution in [2.75, 3.05) is 0 Å². The molecule has 0 unspecified atom stereocenters. The molecule has 1 aromatic heterocycles. The zero-order valence-electron chi connectivity index (χ0n) is 9.72. The molecule has 2 rings (SSSR count). The largest absolute Gasteiger partial charge is 0.478 e. The standard InChI is InChI=1S/C12H8F2N2O3/c1-6-8(11(17)18)5-15-12(16-6)19-7-2-3-9(13)10(14)4-7/h2-5H,1H3,(H,17,18). The molecule has 0 saturated carbocycles. The van der Waals surface area contributed by atoms with Crippen LogP contribution in [0.15, 0.2) is 24.4 Å². The smallest absolute Gasteiger partial charge is 0.339 e. The minimum Gasteiger partial charge on any atom is -0.478 e. The van der Waals surface area contributed by atoms with Crippen LogP contribution in [0.3, 0.4) is 0 Å². The fraction of sp³-hybridized carbons (Fsp3) is 0.0833. The summed E-state index contributed by atoms with van der Waals surface area (Å²) in [7, 11) is 0. The average Bonchev–Trinajstić information content (AvgIpc) is 2.33. The molecule has 2 aromatic rings. The maximum absolute atomic E-state index is 13.0. The summed E-state index contributed by atoms with van der Waals surface area (Å²) in [5.41, 5.74) is 0.151. The molecule has 0 atom stereocenters. The Morgan fingerprint density at radius 2 is 2.05 bits per heavy atom. The van der Waals surface area contributed by atoms with Crippen LogP contribution < -0.4 is 4.74 Å². The summed E-state index contributed by atoms with van der Waals surface area (Å²) in [6.07, 6.45) is 1.08. The number of halogens is 2. The molecule has 0 fully saturated rings. The highest BCUT2D eigenvalue weighted by molar-refractivity contribution is 5.88. The number of aromatic nitrogens is 2. The first-order valence-corrected chi connectivity index (χ1v) is 5.17. The third-order valence-corrected chi connectivity index (χ3v) is 2.29. The number of hydrogen-bond donors (Lipinski definition) is 1. The second-order valence-corrected chi connectivity index (χ2v) is 3.63. The fourth-order valence-corrected chi connectivity index (χ4v) is 1.35. The Kier molecular flexibility index (Phi) is 3.37. The van der Waals surface area contributed by atoms with Crippen LogP contribution in [0, 0.1) is 18.6 Å². The molecule has 0 amide bonds. The molecule has 0 aliphatic rings. The van der Waals surface area contributed by atoms with E-state index < -0.39 is 17.6 Å². The third kappa shape index (κ3) is 2.82. The topological polar surface area (TPSA) is 72.3 Å². The van der Waals surface area contributed by atoms with Gasteiger partial charge in [0.2, 0.25) is 0 Å².